The Kier molecular flexibility index (Phi) is 5.20. The molecule has 0 fully saturated rings. The molecule has 2 rings (SSSR count). The lowest BCUT2D eigenvalue weighted by atomic mass is 10.2. The number of carbonyl (C=O) groups is 3. The largest absolute Gasteiger partial charge is 0.449 e. The Morgan fingerprint density at radius 1 is 0.957 bits per heavy atom. The fourth-order valence-corrected chi connectivity index (χ4v) is 2.57. The van der Waals surface area contributed by atoms with Gasteiger partial charge in [0, 0.05) is 6.42 Å². The van der Waals surface area contributed by atoms with Gasteiger partial charge >= 0.3 is 12.2 Å². The molecular formula is C16H20N2O5. The summed E-state index contributed by atoms with van der Waals surface area (Å²) in [6.45, 7) is 5.20. The highest BCUT2D eigenvalue weighted by atomic mass is 16.6. The number of anilines is 2. The van der Waals surface area contributed by atoms with Crippen molar-refractivity contribution >= 4 is 29.3 Å². The zero-order valence-corrected chi connectivity index (χ0v) is 13.4. The molecule has 2 amide bonds. The van der Waals surface area contributed by atoms with Crippen LogP contribution in [0, 0.1) is 0 Å². The van der Waals surface area contributed by atoms with Gasteiger partial charge in [0.25, 0.3) is 0 Å². The van der Waals surface area contributed by atoms with Crippen LogP contribution in [0.4, 0.5) is 21.0 Å². The number of fused-ring (bicyclic) bond motifs is 1. The number of Topliss-reactive ketones (excluding diaryl/α,β-unsaturated/α-hetero) is 1. The van der Waals surface area contributed by atoms with Crippen molar-refractivity contribution in [3.8, 4) is 0 Å². The summed E-state index contributed by atoms with van der Waals surface area (Å²) in [7, 11) is 0. The Balaban J connectivity index is 2.49. The van der Waals surface area contributed by atoms with Crippen molar-refractivity contribution in [3.05, 3.63) is 24.3 Å². The molecule has 0 unspecified atom stereocenters. The third-order valence-electron chi connectivity index (χ3n) is 3.40. The van der Waals surface area contributed by atoms with E-state index in [-0.39, 0.29) is 25.4 Å². The number of nitrogens with zero attached hydrogens (tertiary/aromatic N) is 2. The molecular weight excluding hydrogens is 300 g/mol. The molecule has 1 aromatic rings. The highest BCUT2D eigenvalue weighted by Gasteiger charge is 2.44. The normalized spacial score (nSPS) is 13.7. The first-order valence-electron chi connectivity index (χ1n) is 7.51. The Morgan fingerprint density at radius 3 is 1.74 bits per heavy atom. The first-order chi connectivity index (χ1) is 11.0. The second-order valence-corrected chi connectivity index (χ2v) is 5.01. The molecule has 0 N–H and O–H groups in total. The van der Waals surface area contributed by atoms with E-state index in [4.69, 9.17) is 9.47 Å². The molecule has 1 aromatic carbocycles. The molecule has 1 aliphatic heterocycles. The number of benzene rings is 1. The highest BCUT2D eigenvalue weighted by molar-refractivity contribution is 6.05. The molecule has 0 saturated carbocycles. The van der Waals surface area contributed by atoms with Gasteiger partial charge in [-0.15, -0.1) is 0 Å². The van der Waals surface area contributed by atoms with E-state index in [1.807, 2.05) is 0 Å². The predicted molar refractivity (Wildman–Crippen MR) is 84.5 cm³/mol. The van der Waals surface area contributed by atoms with Crippen LogP contribution in [0.15, 0.2) is 24.3 Å². The minimum atomic E-state index is -0.789. The Hall–Kier alpha value is -2.57. The summed E-state index contributed by atoms with van der Waals surface area (Å²) in [5.41, 5.74) is 1.04. The van der Waals surface area contributed by atoms with Crippen molar-refractivity contribution < 1.29 is 23.9 Å². The van der Waals surface area contributed by atoms with Crippen LogP contribution >= 0.6 is 0 Å². The summed E-state index contributed by atoms with van der Waals surface area (Å²) in [6.07, 6.45) is -1.99. The topological polar surface area (TPSA) is 76.2 Å². The van der Waals surface area contributed by atoms with Gasteiger partial charge in [0.05, 0.1) is 24.6 Å². The van der Waals surface area contributed by atoms with Crippen LogP contribution in [0.3, 0.4) is 0 Å². The Labute approximate surface area is 134 Å². The number of carbonyl (C=O) groups excluding carboxylic acids is 3. The zero-order chi connectivity index (χ0) is 17.0. The molecule has 0 bridgehead atoms. The molecule has 1 heterocycles. The highest BCUT2D eigenvalue weighted by Crippen LogP contribution is 2.41. The molecule has 7 heteroatoms. The van der Waals surface area contributed by atoms with Crippen LogP contribution in [-0.4, -0.2) is 37.3 Å². The number of ketones is 1. The van der Waals surface area contributed by atoms with Crippen LogP contribution in [-0.2, 0) is 14.3 Å². The van der Waals surface area contributed by atoms with E-state index in [0.29, 0.717) is 11.4 Å². The minimum Gasteiger partial charge on any atom is -0.449 e. The summed E-state index contributed by atoms with van der Waals surface area (Å²) in [5, 5.41) is 0. The van der Waals surface area contributed by atoms with E-state index in [9.17, 15) is 14.4 Å². The van der Waals surface area contributed by atoms with Gasteiger partial charge in [0.2, 0.25) is 0 Å². The first kappa shape index (κ1) is 16.8. The number of amides is 2. The zero-order valence-electron chi connectivity index (χ0n) is 13.4. The van der Waals surface area contributed by atoms with Crippen LogP contribution < -0.4 is 9.80 Å². The summed E-state index contributed by atoms with van der Waals surface area (Å²) >= 11 is 0. The summed E-state index contributed by atoms with van der Waals surface area (Å²) in [6, 6.07) is 6.92. The fourth-order valence-electron chi connectivity index (χ4n) is 2.57. The summed E-state index contributed by atoms with van der Waals surface area (Å²) in [4.78, 5) is 39.0. The molecule has 0 aliphatic carbocycles. The number of hydrogen-bond acceptors (Lipinski definition) is 5. The van der Waals surface area contributed by atoms with Crippen LogP contribution in [0.1, 0.15) is 27.2 Å². The van der Waals surface area contributed by atoms with Crippen molar-refractivity contribution in [2.24, 2.45) is 0 Å². The molecule has 0 spiro atoms. The lowest BCUT2D eigenvalue weighted by Crippen LogP contribution is -2.50. The lowest BCUT2D eigenvalue weighted by molar-refractivity contribution is -0.117. The molecule has 0 radical (unpaired) electrons. The molecule has 23 heavy (non-hydrogen) atoms. The smallest absolute Gasteiger partial charge is 0.416 e. The second kappa shape index (κ2) is 7.13. The van der Waals surface area contributed by atoms with Crippen LogP contribution in [0.5, 0.6) is 0 Å². The van der Waals surface area contributed by atoms with Gasteiger partial charge in [-0.2, -0.15) is 0 Å². The van der Waals surface area contributed by atoms with Gasteiger partial charge in [0.15, 0.2) is 0 Å². The molecule has 124 valence electrons. The van der Waals surface area contributed by atoms with Gasteiger partial charge in [-0.05, 0) is 32.9 Å². The van der Waals surface area contributed by atoms with E-state index in [2.05, 4.69) is 0 Å². The summed E-state index contributed by atoms with van der Waals surface area (Å²) in [5.74, 6) is -0.147. The van der Waals surface area contributed by atoms with E-state index < -0.39 is 18.4 Å². The standard InChI is InChI=1S/C16H20N2O5/c1-4-22-15(20)17-12-8-6-7-9-13(12)18(16(21)23-5-2)14(17)10-11(3)19/h6-9,14H,4-5,10H2,1-3H3. The van der Waals surface area contributed by atoms with Crippen molar-refractivity contribution in [2.45, 2.75) is 33.4 Å². The monoisotopic (exact) mass is 320 g/mol. The van der Waals surface area contributed by atoms with Crippen LogP contribution in [0.2, 0.25) is 0 Å². The van der Waals surface area contributed by atoms with Crippen molar-refractivity contribution in [2.75, 3.05) is 23.0 Å². The first-order valence-corrected chi connectivity index (χ1v) is 7.51. The fraction of sp³-hybridized carbons (Fsp3) is 0.438. The number of rotatable bonds is 4. The van der Waals surface area contributed by atoms with Crippen LogP contribution in [0.25, 0.3) is 0 Å². The molecule has 1 aliphatic rings. The number of para-hydroxylation sites is 2. The van der Waals surface area contributed by atoms with Gasteiger partial charge in [-0.25, -0.2) is 9.59 Å². The second-order valence-electron chi connectivity index (χ2n) is 5.01. The molecule has 0 aromatic heterocycles. The quantitative estimate of drug-likeness (QED) is 0.852. The molecule has 0 atom stereocenters. The molecule has 7 nitrogen and oxygen atoms in total. The van der Waals surface area contributed by atoms with Crippen molar-refractivity contribution in [1.82, 2.24) is 0 Å². The van der Waals surface area contributed by atoms with E-state index in [0.717, 1.165) is 0 Å². The third-order valence-corrected chi connectivity index (χ3v) is 3.40. The predicted octanol–water partition coefficient (Wildman–Crippen LogP) is 2.93. The van der Waals surface area contributed by atoms with Gasteiger partial charge in [-0.3, -0.25) is 14.6 Å². The Bertz CT molecular complexity index is 571. The van der Waals surface area contributed by atoms with Crippen molar-refractivity contribution in [1.29, 1.82) is 0 Å². The minimum absolute atomic E-state index is 0.00763. The third kappa shape index (κ3) is 3.28. The van der Waals surface area contributed by atoms with E-state index in [1.165, 1.54) is 16.7 Å². The average Bonchev–Trinajstić information content (AvgIpc) is 2.80. The number of hydrogen-bond donors (Lipinski definition) is 0. The van der Waals surface area contributed by atoms with Gasteiger partial charge < -0.3 is 9.47 Å². The lowest BCUT2D eigenvalue weighted by Gasteiger charge is -2.28. The van der Waals surface area contributed by atoms with E-state index in [1.54, 1.807) is 38.1 Å². The van der Waals surface area contributed by atoms with Gasteiger partial charge in [0.1, 0.15) is 11.9 Å². The SMILES string of the molecule is CCOC(=O)N1c2ccccc2N(C(=O)OCC)C1CC(C)=O. The maximum Gasteiger partial charge on any atom is 0.416 e. The maximum atomic E-state index is 12.3. The number of ether oxygens (including phenoxy) is 2. The Morgan fingerprint density at radius 2 is 1.39 bits per heavy atom. The van der Waals surface area contributed by atoms with E-state index >= 15 is 0 Å². The maximum absolute atomic E-state index is 12.3. The van der Waals surface area contributed by atoms with Gasteiger partial charge in [-0.1, -0.05) is 12.1 Å². The van der Waals surface area contributed by atoms with Crippen molar-refractivity contribution in [3.63, 3.8) is 0 Å². The molecule has 0 saturated heterocycles. The summed E-state index contributed by atoms with van der Waals surface area (Å²) < 4.78 is 10.2. The average molecular weight is 320 g/mol.